The van der Waals surface area contributed by atoms with E-state index in [1.807, 2.05) is 5.38 Å². The van der Waals surface area contributed by atoms with Gasteiger partial charge in [-0.05, 0) is 40.9 Å². The third-order valence-electron chi connectivity index (χ3n) is 2.59. The molecule has 0 bridgehead atoms. The normalized spacial score (nSPS) is 25.7. The maximum atomic E-state index is 4.36. The summed E-state index contributed by atoms with van der Waals surface area (Å²) in [6.07, 6.45) is 3.92. The van der Waals surface area contributed by atoms with Crippen molar-refractivity contribution in [3.05, 3.63) is 9.98 Å². The topological polar surface area (TPSA) is 24.9 Å². The van der Waals surface area contributed by atoms with Crippen LogP contribution in [0.1, 0.15) is 26.2 Å². The molecular formula is C10H15BrN2S2. The van der Waals surface area contributed by atoms with Gasteiger partial charge in [-0.15, -0.1) is 11.3 Å². The van der Waals surface area contributed by atoms with Crippen LogP contribution in [0.15, 0.2) is 9.98 Å². The molecule has 0 radical (unpaired) electrons. The number of hydrogen-bond donors (Lipinski definition) is 1. The van der Waals surface area contributed by atoms with Crippen molar-refractivity contribution in [1.82, 2.24) is 4.98 Å². The Labute approximate surface area is 107 Å². The van der Waals surface area contributed by atoms with E-state index in [4.69, 9.17) is 0 Å². The zero-order valence-electron chi connectivity index (χ0n) is 8.70. The lowest BCUT2D eigenvalue weighted by atomic mass is 10.3. The molecule has 2 rings (SSSR count). The lowest BCUT2D eigenvalue weighted by Gasteiger charge is -2.11. The van der Waals surface area contributed by atoms with Crippen LogP contribution in [0.4, 0.5) is 5.13 Å². The number of hydrogen-bond acceptors (Lipinski definition) is 4. The van der Waals surface area contributed by atoms with Crippen LogP contribution in [0, 0.1) is 0 Å². The minimum Gasteiger partial charge on any atom is -0.359 e. The first kappa shape index (κ1) is 11.7. The number of rotatable bonds is 4. The summed E-state index contributed by atoms with van der Waals surface area (Å²) < 4.78 is 0.937. The highest BCUT2D eigenvalue weighted by atomic mass is 79.9. The monoisotopic (exact) mass is 306 g/mol. The molecule has 2 unspecified atom stereocenters. The number of halogens is 1. The van der Waals surface area contributed by atoms with E-state index in [9.17, 15) is 0 Å². The second-order valence-corrected chi connectivity index (χ2v) is 6.95. The van der Waals surface area contributed by atoms with Crippen LogP contribution in [0.25, 0.3) is 0 Å². The Morgan fingerprint density at radius 1 is 1.67 bits per heavy atom. The van der Waals surface area contributed by atoms with E-state index in [-0.39, 0.29) is 0 Å². The average molecular weight is 307 g/mol. The van der Waals surface area contributed by atoms with Crippen molar-refractivity contribution in [3.8, 4) is 0 Å². The molecule has 84 valence electrons. The summed E-state index contributed by atoms with van der Waals surface area (Å²) in [6.45, 7) is 2.24. The van der Waals surface area contributed by atoms with Crippen LogP contribution in [-0.2, 0) is 0 Å². The first-order valence-corrected chi connectivity index (χ1v) is 7.99. The third kappa shape index (κ3) is 3.36. The molecule has 2 nitrogen and oxygen atoms in total. The summed E-state index contributed by atoms with van der Waals surface area (Å²) in [4.78, 5) is 4.36. The second kappa shape index (κ2) is 5.55. The van der Waals surface area contributed by atoms with Crippen molar-refractivity contribution < 1.29 is 0 Å². The molecule has 15 heavy (non-hydrogen) atoms. The maximum Gasteiger partial charge on any atom is 0.183 e. The Balaban J connectivity index is 1.82. The lowest BCUT2D eigenvalue weighted by Crippen LogP contribution is -2.15. The van der Waals surface area contributed by atoms with E-state index >= 15 is 0 Å². The fourth-order valence-corrected chi connectivity index (χ4v) is 4.32. The molecule has 1 aliphatic rings. The number of nitrogens with zero attached hydrogens (tertiary/aromatic N) is 1. The molecule has 1 aromatic heterocycles. The SMILES string of the molecule is CCSC1CCC(Nc2nc(Br)cs2)C1. The molecule has 1 saturated carbocycles. The Hall–Kier alpha value is 0.260. The van der Waals surface area contributed by atoms with Gasteiger partial charge in [0.15, 0.2) is 5.13 Å². The smallest absolute Gasteiger partial charge is 0.183 e. The van der Waals surface area contributed by atoms with Crippen molar-refractivity contribution in [2.45, 2.75) is 37.5 Å². The van der Waals surface area contributed by atoms with Crippen LogP contribution in [0.5, 0.6) is 0 Å². The van der Waals surface area contributed by atoms with Crippen LogP contribution in [0.3, 0.4) is 0 Å². The van der Waals surface area contributed by atoms with Crippen molar-refractivity contribution in [2.75, 3.05) is 11.1 Å². The first-order chi connectivity index (χ1) is 7.28. The fraction of sp³-hybridized carbons (Fsp3) is 0.700. The molecule has 0 aromatic carbocycles. The van der Waals surface area contributed by atoms with Gasteiger partial charge >= 0.3 is 0 Å². The highest BCUT2D eigenvalue weighted by Gasteiger charge is 2.24. The number of thiazole rings is 1. The fourth-order valence-electron chi connectivity index (χ4n) is 1.95. The Bertz CT molecular complexity index is 316. The molecule has 1 aromatic rings. The van der Waals surface area contributed by atoms with Crippen molar-refractivity contribution in [1.29, 1.82) is 0 Å². The van der Waals surface area contributed by atoms with E-state index in [1.165, 1.54) is 25.0 Å². The highest BCUT2D eigenvalue weighted by Crippen LogP contribution is 2.32. The molecule has 1 aliphatic carbocycles. The summed E-state index contributed by atoms with van der Waals surface area (Å²) in [7, 11) is 0. The van der Waals surface area contributed by atoms with Crippen LogP contribution >= 0.6 is 39.0 Å². The van der Waals surface area contributed by atoms with E-state index in [0.29, 0.717) is 6.04 Å². The number of nitrogens with one attached hydrogen (secondary N) is 1. The van der Waals surface area contributed by atoms with Crippen molar-refractivity contribution in [2.24, 2.45) is 0 Å². The van der Waals surface area contributed by atoms with E-state index < -0.39 is 0 Å². The summed E-state index contributed by atoms with van der Waals surface area (Å²) in [5, 5.41) is 7.44. The molecule has 0 aliphatic heterocycles. The minimum absolute atomic E-state index is 0.632. The van der Waals surface area contributed by atoms with Gasteiger partial charge in [0.1, 0.15) is 4.60 Å². The van der Waals surface area contributed by atoms with Gasteiger partial charge in [-0.1, -0.05) is 6.92 Å². The number of aromatic nitrogens is 1. The molecule has 2 atom stereocenters. The van der Waals surface area contributed by atoms with Crippen LogP contribution < -0.4 is 5.32 Å². The van der Waals surface area contributed by atoms with Gasteiger partial charge in [-0.2, -0.15) is 11.8 Å². The minimum atomic E-state index is 0.632. The van der Waals surface area contributed by atoms with Gasteiger partial charge in [0.25, 0.3) is 0 Å². The molecule has 1 heterocycles. The van der Waals surface area contributed by atoms with E-state index in [2.05, 4.69) is 44.9 Å². The summed E-state index contributed by atoms with van der Waals surface area (Å²) in [5.74, 6) is 1.24. The quantitative estimate of drug-likeness (QED) is 0.910. The van der Waals surface area contributed by atoms with Gasteiger partial charge in [0.2, 0.25) is 0 Å². The molecule has 0 saturated heterocycles. The first-order valence-electron chi connectivity index (χ1n) is 5.27. The summed E-state index contributed by atoms with van der Waals surface area (Å²) in [6, 6.07) is 0.632. The zero-order chi connectivity index (χ0) is 10.7. The van der Waals surface area contributed by atoms with Gasteiger partial charge in [0.05, 0.1) is 0 Å². The molecular weight excluding hydrogens is 292 g/mol. The van der Waals surface area contributed by atoms with Crippen molar-refractivity contribution in [3.63, 3.8) is 0 Å². The maximum absolute atomic E-state index is 4.36. The molecule has 0 spiro atoms. The van der Waals surface area contributed by atoms with Gasteiger partial charge in [-0.3, -0.25) is 0 Å². The third-order valence-corrected chi connectivity index (χ3v) is 5.31. The van der Waals surface area contributed by atoms with Gasteiger partial charge in [-0.25, -0.2) is 4.98 Å². The van der Waals surface area contributed by atoms with Gasteiger partial charge in [0, 0.05) is 16.7 Å². The Morgan fingerprint density at radius 3 is 3.20 bits per heavy atom. The van der Waals surface area contributed by atoms with Crippen molar-refractivity contribution >= 4 is 44.2 Å². The van der Waals surface area contributed by atoms with E-state index in [1.54, 1.807) is 11.3 Å². The number of thioether (sulfide) groups is 1. The molecule has 1 fully saturated rings. The Kier molecular flexibility index (Phi) is 4.34. The molecule has 5 heteroatoms. The second-order valence-electron chi connectivity index (χ2n) is 3.71. The molecule has 0 amide bonds. The van der Waals surface area contributed by atoms with Crippen LogP contribution in [-0.4, -0.2) is 22.0 Å². The average Bonchev–Trinajstić information content (AvgIpc) is 2.78. The van der Waals surface area contributed by atoms with Gasteiger partial charge < -0.3 is 5.32 Å². The molecule has 1 N–H and O–H groups in total. The van der Waals surface area contributed by atoms with E-state index in [0.717, 1.165) is 15.0 Å². The highest BCUT2D eigenvalue weighted by molar-refractivity contribution is 9.10. The predicted molar refractivity (Wildman–Crippen MR) is 73.0 cm³/mol. The zero-order valence-corrected chi connectivity index (χ0v) is 11.9. The lowest BCUT2D eigenvalue weighted by molar-refractivity contribution is 0.755. The Morgan fingerprint density at radius 2 is 2.53 bits per heavy atom. The van der Waals surface area contributed by atoms with Crippen LogP contribution in [0.2, 0.25) is 0 Å². The standard InChI is InChI=1S/C10H15BrN2S2/c1-2-14-8-4-3-7(5-8)12-10-13-9(11)6-15-10/h6-8H,2-5H2,1H3,(H,12,13). The largest absolute Gasteiger partial charge is 0.359 e. The number of anilines is 1. The predicted octanol–water partition coefficient (Wildman–Crippen LogP) is 3.99. The summed E-state index contributed by atoms with van der Waals surface area (Å²) in [5.41, 5.74) is 0. The summed E-state index contributed by atoms with van der Waals surface area (Å²) >= 11 is 7.14.